The third kappa shape index (κ3) is 2.48. The Morgan fingerprint density at radius 1 is 1.14 bits per heavy atom. The van der Waals surface area contributed by atoms with E-state index < -0.39 is 0 Å². The van der Waals surface area contributed by atoms with Gasteiger partial charge < -0.3 is 9.64 Å². The molecule has 0 radical (unpaired) electrons. The van der Waals surface area contributed by atoms with Gasteiger partial charge in [0.05, 0.1) is 29.4 Å². The number of rotatable bonds is 1. The standard InChI is InChI=1S/C16H17ClN2O.ClH/c17-13-5-1-4-12-15(13)18-14-6-2-3-11(14)16(12)19-7-9-20-10-8-19;/h1,4-5H,2-3,6-10H2;1H. The first-order valence-electron chi connectivity index (χ1n) is 7.27. The minimum atomic E-state index is 0. The first-order valence-corrected chi connectivity index (χ1v) is 7.65. The van der Waals surface area contributed by atoms with E-state index in [-0.39, 0.29) is 12.4 Å². The molecular formula is C16H18Cl2N2O. The number of pyridine rings is 1. The zero-order chi connectivity index (χ0) is 13.5. The van der Waals surface area contributed by atoms with Crippen LogP contribution in [-0.4, -0.2) is 31.3 Å². The van der Waals surface area contributed by atoms with Gasteiger partial charge in [-0.25, -0.2) is 0 Å². The molecule has 2 aromatic rings. The van der Waals surface area contributed by atoms with Crippen molar-refractivity contribution in [1.82, 2.24) is 4.98 Å². The molecule has 1 aliphatic carbocycles. The first-order chi connectivity index (χ1) is 9.84. The highest BCUT2D eigenvalue weighted by Gasteiger charge is 2.24. The van der Waals surface area contributed by atoms with Crippen LogP contribution in [0.25, 0.3) is 10.9 Å². The molecule has 0 unspecified atom stereocenters. The van der Waals surface area contributed by atoms with Gasteiger partial charge in [0.2, 0.25) is 0 Å². The number of benzene rings is 1. The van der Waals surface area contributed by atoms with Crippen molar-refractivity contribution in [2.75, 3.05) is 31.2 Å². The maximum Gasteiger partial charge on any atom is 0.0912 e. The Balaban J connectivity index is 0.00000132. The highest BCUT2D eigenvalue weighted by Crippen LogP contribution is 2.38. The van der Waals surface area contributed by atoms with E-state index in [0.29, 0.717) is 0 Å². The SMILES string of the molecule is Cl.Clc1cccc2c(N3CCOCC3)c3c(nc12)CCC3. The van der Waals surface area contributed by atoms with E-state index >= 15 is 0 Å². The molecule has 0 amide bonds. The van der Waals surface area contributed by atoms with Crippen molar-refractivity contribution in [3.8, 4) is 0 Å². The molecule has 2 heterocycles. The van der Waals surface area contributed by atoms with Gasteiger partial charge in [-0.3, -0.25) is 4.98 Å². The molecule has 0 spiro atoms. The van der Waals surface area contributed by atoms with E-state index in [2.05, 4.69) is 11.0 Å². The largest absolute Gasteiger partial charge is 0.378 e. The second-order valence-corrected chi connectivity index (χ2v) is 5.88. The normalized spacial score (nSPS) is 17.7. The fourth-order valence-electron chi connectivity index (χ4n) is 3.37. The Morgan fingerprint density at radius 3 is 2.76 bits per heavy atom. The fourth-order valence-corrected chi connectivity index (χ4v) is 3.59. The van der Waals surface area contributed by atoms with Gasteiger partial charge in [0.15, 0.2) is 0 Å². The third-order valence-corrected chi connectivity index (χ3v) is 4.60. The van der Waals surface area contributed by atoms with Crippen LogP contribution >= 0.6 is 24.0 Å². The average molecular weight is 325 g/mol. The van der Waals surface area contributed by atoms with Crippen molar-refractivity contribution in [3.63, 3.8) is 0 Å². The molecule has 1 saturated heterocycles. The summed E-state index contributed by atoms with van der Waals surface area (Å²) in [6.45, 7) is 3.52. The van der Waals surface area contributed by atoms with Crippen LogP contribution in [0.3, 0.4) is 0 Å². The molecule has 0 N–H and O–H groups in total. The number of morpholine rings is 1. The Labute approximate surface area is 135 Å². The molecule has 0 atom stereocenters. The van der Waals surface area contributed by atoms with Crippen LogP contribution in [0.5, 0.6) is 0 Å². The summed E-state index contributed by atoms with van der Waals surface area (Å²) >= 11 is 6.36. The van der Waals surface area contributed by atoms with Gasteiger partial charge >= 0.3 is 0 Å². The smallest absolute Gasteiger partial charge is 0.0912 e. The Morgan fingerprint density at radius 2 is 1.95 bits per heavy atom. The topological polar surface area (TPSA) is 25.4 Å². The molecule has 2 aliphatic rings. The molecule has 1 aromatic carbocycles. The van der Waals surface area contributed by atoms with Gasteiger partial charge in [0.25, 0.3) is 0 Å². The van der Waals surface area contributed by atoms with Crippen LogP contribution in [0, 0.1) is 0 Å². The number of para-hydroxylation sites is 1. The lowest BCUT2D eigenvalue weighted by Crippen LogP contribution is -2.37. The molecule has 1 aromatic heterocycles. The van der Waals surface area contributed by atoms with Gasteiger partial charge in [0, 0.05) is 24.2 Å². The van der Waals surface area contributed by atoms with Crippen molar-refractivity contribution in [2.24, 2.45) is 0 Å². The minimum absolute atomic E-state index is 0. The molecule has 112 valence electrons. The lowest BCUT2D eigenvalue weighted by molar-refractivity contribution is 0.123. The molecule has 0 bridgehead atoms. The average Bonchev–Trinajstić information content (AvgIpc) is 2.94. The van der Waals surface area contributed by atoms with E-state index in [0.717, 1.165) is 49.7 Å². The summed E-state index contributed by atoms with van der Waals surface area (Å²) in [7, 11) is 0. The van der Waals surface area contributed by atoms with Gasteiger partial charge in [-0.2, -0.15) is 0 Å². The number of aromatic nitrogens is 1. The predicted octanol–water partition coefficient (Wildman–Crippen LogP) is 3.64. The highest BCUT2D eigenvalue weighted by atomic mass is 35.5. The van der Waals surface area contributed by atoms with Crippen molar-refractivity contribution < 1.29 is 4.74 Å². The molecular weight excluding hydrogens is 307 g/mol. The predicted molar refractivity (Wildman–Crippen MR) is 89.1 cm³/mol. The van der Waals surface area contributed by atoms with E-state index in [9.17, 15) is 0 Å². The van der Waals surface area contributed by atoms with Gasteiger partial charge in [-0.15, -0.1) is 12.4 Å². The van der Waals surface area contributed by atoms with Crippen molar-refractivity contribution in [3.05, 3.63) is 34.5 Å². The maximum atomic E-state index is 6.36. The van der Waals surface area contributed by atoms with E-state index in [4.69, 9.17) is 21.3 Å². The Kier molecular flexibility index (Phi) is 4.25. The summed E-state index contributed by atoms with van der Waals surface area (Å²) in [6.07, 6.45) is 3.42. The van der Waals surface area contributed by atoms with Crippen molar-refractivity contribution >= 4 is 40.6 Å². The molecule has 21 heavy (non-hydrogen) atoms. The Hall–Kier alpha value is -1.03. The van der Waals surface area contributed by atoms with Crippen LogP contribution in [-0.2, 0) is 17.6 Å². The lowest BCUT2D eigenvalue weighted by atomic mass is 10.1. The van der Waals surface area contributed by atoms with Crippen LogP contribution in [0.2, 0.25) is 5.02 Å². The van der Waals surface area contributed by atoms with Crippen molar-refractivity contribution in [1.29, 1.82) is 0 Å². The second kappa shape index (κ2) is 5.99. The van der Waals surface area contributed by atoms with Crippen LogP contribution in [0.4, 0.5) is 5.69 Å². The Bertz CT molecular complexity index is 669. The van der Waals surface area contributed by atoms with Crippen LogP contribution in [0.15, 0.2) is 18.2 Å². The number of fused-ring (bicyclic) bond motifs is 2. The zero-order valence-electron chi connectivity index (χ0n) is 11.8. The van der Waals surface area contributed by atoms with E-state index in [1.165, 1.54) is 28.8 Å². The first kappa shape index (κ1) is 14.9. The third-order valence-electron chi connectivity index (χ3n) is 4.29. The summed E-state index contributed by atoms with van der Waals surface area (Å²) in [5.41, 5.74) is 4.98. The number of nitrogens with zero attached hydrogens (tertiary/aromatic N) is 2. The molecule has 3 nitrogen and oxygen atoms in total. The zero-order valence-corrected chi connectivity index (χ0v) is 13.3. The van der Waals surface area contributed by atoms with E-state index in [1.54, 1.807) is 0 Å². The number of halogens is 2. The summed E-state index contributed by atoms with van der Waals surface area (Å²) in [4.78, 5) is 7.27. The number of hydrogen-bond donors (Lipinski definition) is 0. The number of anilines is 1. The quantitative estimate of drug-likeness (QED) is 0.800. The molecule has 5 heteroatoms. The minimum Gasteiger partial charge on any atom is -0.378 e. The summed E-state index contributed by atoms with van der Waals surface area (Å²) < 4.78 is 5.49. The lowest BCUT2D eigenvalue weighted by Gasteiger charge is -2.31. The molecule has 0 saturated carbocycles. The van der Waals surface area contributed by atoms with Crippen LogP contribution in [0.1, 0.15) is 17.7 Å². The summed E-state index contributed by atoms with van der Waals surface area (Å²) in [5.74, 6) is 0. The molecule has 4 rings (SSSR count). The van der Waals surface area contributed by atoms with Gasteiger partial charge in [-0.1, -0.05) is 23.7 Å². The van der Waals surface area contributed by atoms with E-state index in [1.807, 2.05) is 12.1 Å². The summed E-state index contributed by atoms with van der Waals surface area (Å²) in [6, 6.07) is 6.11. The number of ether oxygens (including phenoxy) is 1. The monoisotopic (exact) mass is 324 g/mol. The highest BCUT2D eigenvalue weighted by molar-refractivity contribution is 6.35. The molecule has 1 aliphatic heterocycles. The van der Waals surface area contributed by atoms with Crippen LogP contribution < -0.4 is 4.90 Å². The number of hydrogen-bond acceptors (Lipinski definition) is 3. The van der Waals surface area contributed by atoms with Gasteiger partial charge in [-0.05, 0) is 30.9 Å². The summed E-state index contributed by atoms with van der Waals surface area (Å²) in [5, 5.41) is 1.95. The maximum absolute atomic E-state index is 6.36. The number of aryl methyl sites for hydroxylation is 1. The van der Waals surface area contributed by atoms with Gasteiger partial charge in [0.1, 0.15) is 0 Å². The molecule has 1 fully saturated rings. The fraction of sp³-hybridized carbons (Fsp3) is 0.438. The second-order valence-electron chi connectivity index (χ2n) is 5.47. The van der Waals surface area contributed by atoms with Crippen molar-refractivity contribution in [2.45, 2.75) is 19.3 Å².